The first-order chi connectivity index (χ1) is 13.9. The maximum Gasteiger partial charge on any atom is 0.422 e. The van der Waals surface area contributed by atoms with Gasteiger partial charge < -0.3 is 0 Å². The predicted molar refractivity (Wildman–Crippen MR) is 117 cm³/mol. The Morgan fingerprint density at radius 2 is 1.28 bits per heavy atom. The van der Waals surface area contributed by atoms with Crippen molar-refractivity contribution in [3.8, 4) is 0 Å². The van der Waals surface area contributed by atoms with Gasteiger partial charge in [-0.25, -0.2) is 4.99 Å². The number of alkyl halides is 3. The van der Waals surface area contributed by atoms with Crippen LogP contribution in [-0.4, -0.2) is 11.2 Å². The maximum atomic E-state index is 13.8. The second-order valence-corrected chi connectivity index (χ2v) is 8.28. The van der Waals surface area contributed by atoms with Crippen molar-refractivity contribution in [3.05, 3.63) is 101 Å². The molecule has 0 bridgehead atoms. The molecule has 1 nitrogen and oxygen atoms in total. The van der Waals surface area contributed by atoms with Crippen LogP contribution >= 0.6 is 23.5 Å². The van der Waals surface area contributed by atoms with E-state index < -0.39 is 11.1 Å². The first-order valence-corrected chi connectivity index (χ1v) is 10.4. The van der Waals surface area contributed by atoms with Gasteiger partial charge >= 0.3 is 6.18 Å². The third-order valence-electron chi connectivity index (χ3n) is 3.82. The van der Waals surface area contributed by atoms with Crippen molar-refractivity contribution in [3.63, 3.8) is 0 Å². The fraction of sp³-hybridized carbons (Fsp3) is 0.0870. The zero-order chi connectivity index (χ0) is 20.7. The summed E-state index contributed by atoms with van der Waals surface area (Å²) in [5.41, 5.74) is 1.55. The summed E-state index contributed by atoms with van der Waals surface area (Å²) in [7, 11) is 0. The number of allylic oxidation sites excluding steroid dienone is 1. The van der Waals surface area contributed by atoms with Crippen LogP contribution in [0, 0.1) is 6.92 Å². The van der Waals surface area contributed by atoms with E-state index >= 15 is 0 Å². The highest BCUT2D eigenvalue weighted by Gasteiger charge is 2.35. The molecule has 0 atom stereocenters. The number of halogens is 3. The van der Waals surface area contributed by atoms with Crippen LogP contribution in [0.4, 0.5) is 18.9 Å². The summed E-state index contributed by atoms with van der Waals surface area (Å²) in [6.07, 6.45) is -3.36. The van der Waals surface area contributed by atoms with Crippen LogP contribution in [0.25, 0.3) is 0 Å². The number of rotatable bonds is 5. The molecule has 29 heavy (non-hydrogen) atoms. The summed E-state index contributed by atoms with van der Waals surface area (Å²) in [5.74, 6) is 0. The second kappa shape index (κ2) is 9.85. The highest BCUT2D eigenvalue weighted by molar-refractivity contribution is 8.14. The van der Waals surface area contributed by atoms with Gasteiger partial charge in [-0.05, 0) is 48.9 Å². The Hall–Kier alpha value is -2.44. The SMILES string of the molecule is Cc1ccccc1N=C(/C=C(\Sc1ccccc1)C(F)(F)F)Sc1ccccc1. The summed E-state index contributed by atoms with van der Waals surface area (Å²) >= 11 is 1.90. The lowest BCUT2D eigenvalue weighted by atomic mass is 10.2. The van der Waals surface area contributed by atoms with Gasteiger partial charge in [0, 0.05) is 9.79 Å². The molecule has 0 N–H and O–H groups in total. The molecule has 0 aliphatic carbocycles. The largest absolute Gasteiger partial charge is 0.422 e. The van der Waals surface area contributed by atoms with Gasteiger partial charge in [-0.1, -0.05) is 78.1 Å². The maximum absolute atomic E-state index is 13.8. The Bertz CT molecular complexity index is 997. The van der Waals surface area contributed by atoms with Crippen LogP contribution in [-0.2, 0) is 0 Å². The first kappa shape index (κ1) is 21.3. The van der Waals surface area contributed by atoms with Crippen LogP contribution in [0.1, 0.15) is 5.56 Å². The van der Waals surface area contributed by atoms with Gasteiger partial charge in [-0.3, -0.25) is 0 Å². The second-order valence-electron chi connectivity index (χ2n) is 6.07. The van der Waals surface area contributed by atoms with Gasteiger partial charge in [0.25, 0.3) is 0 Å². The number of para-hydroxylation sites is 1. The van der Waals surface area contributed by atoms with Crippen molar-refractivity contribution in [2.24, 2.45) is 4.99 Å². The number of hydrogen-bond acceptors (Lipinski definition) is 3. The zero-order valence-corrected chi connectivity index (χ0v) is 17.2. The molecule has 0 aromatic heterocycles. The standard InChI is InChI=1S/C23H18F3NS2/c1-17-10-8-9-15-20(17)27-22(29-19-13-6-3-7-14-19)16-21(23(24,25)26)28-18-11-4-2-5-12-18/h2-16H,1H3/b21-16-,27-22?. The normalized spacial score (nSPS) is 12.8. The van der Waals surface area contributed by atoms with Crippen LogP contribution < -0.4 is 0 Å². The van der Waals surface area contributed by atoms with Crippen molar-refractivity contribution >= 4 is 34.3 Å². The lowest BCUT2D eigenvalue weighted by Crippen LogP contribution is -2.10. The molecule has 0 aliphatic heterocycles. The topological polar surface area (TPSA) is 12.4 Å². The van der Waals surface area contributed by atoms with Gasteiger partial charge in [-0.2, -0.15) is 13.2 Å². The van der Waals surface area contributed by atoms with E-state index in [2.05, 4.69) is 4.99 Å². The van der Waals surface area contributed by atoms with E-state index in [-0.39, 0.29) is 5.04 Å². The number of hydrogen-bond donors (Lipinski definition) is 0. The third-order valence-corrected chi connectivity index (χ3v) is 5.82. The van der Waals surface area contributed by atoms with Crippen molar-refractivity contribution in [2.75, 3.05) is 0 Å². The summed E-state index contributed by atoms with van der Waals surface area (Å²) in [6.45, 7) is 1.89. The molecular weight excluding hydrogens is 411 g/mol. The molecular formula is C23H18F3NS2. The van der Waals surface area contributed by atoms with Crippen LogP contribution in [0.2, 0.25) is 0 Å². The molecule has 3 rings (SSSR count). The molecule has 3 aromatic carbocycles. The molecule has 148 valence electrons. The average molecular weight is 430 g/mol. The van der Waals surface area contributed by atoms with Crippen molar-refractivity contribution in [2.45, 2.75) is 22.9 Å². The predicted octanol–water partition coefficient (Wildman–Crippen LogP) is 8.06. The molecule has 0 amide bonds. The van der Waals surface area contributed by atoms with Crippen LogP contribution in [0.5, 0.6) is 0 Å². The van der Waals surface area contributed by atoms with Gasteiger partial charge in [0.15, 0.2) is 0 Å². The minimum absolute atomic E-state index is 0.279. The van der Waals surface area contributed by atoms with Crippen LogP contribution in [0.15, 0.2) is 111 Å². The molecule has 0 unspecified atom stereocenters. The Labute approximate surface area is 176 Å². The monoisotopic (exact) mass is 429 g/mol. The third kappa shape index (κ3) is 6.54. The number of thioether (sulfide) groups is 2. The fourth-order valence-corrected chi connectivity index (χ4v) is 4.16. The van der Waals surface area contributed by atoms with Gasteiger partial charge in [0.05, 0.1) is 10.6 Å². The van der Waals surface area contributed by atoms with Crippen molar-refractivity contribution in [1.29, 1.82) is 0 Å². The number of aryl methyl sites for hydroxylation is 1. The van der Waals surface area contributed by atoms with E-state index in [0.717, 1.165) is 16.5 Å². The molecule has 0 spiro atoms. The molecule has 0 fully saturated rings. The molecule has 0 heterocycles. The highest BCUT2D eigenvalue weighted by atomic mass is 32.2. The van der Waals surface area contributed by atoms with Gasteiger partial charge in [0.1, 0.15) is 5.04 Å². The minimum Gasteiger partial charge on any atom is -0.241 e. The van der Waals surface area contributed by atoms with E-state index in [4.69, 9.17) is 0 Å². The molecule has 0 saturated heterocycles. The summed E-state index contributed by atoms with van der Waals surface area (Å²) in [6, 6.07) is 25.2. The Kier molecular flexibility index (Phi) is 7.23. The molecule has 0 radical (unpaired) electrons. The molecule has 6 heteroatoms. The lowest BCUT2D eigenvalue weighted by molar-refractivity contribution is -0.0835. The van der Waals surface area contributed by atoms with Crippen LogP contribution in [0.3, 0.4) is 0 Å². The Balaban J connectivity index is 2.03. The average Bonchev–Trinajstić information content (AvgIpc) is 2.70. The quantitative estimate of drug-likeness (QED) is 0.231. The number of aliphatic imine (C=N–C) groups is 1. The number of nitrogens with zero attached hydrogens (tertiary/aromatic N) is 1. The zero-order valence-electron chi connectivity index (χ0n) is 15.6. The van der Waals surface area contributed by atoms with E-state index in [1.807, 2.05) is 55.5 Å². The van der Waals surface area contributed by atoms with Gasteiger partial charge in [0.2, 0.25) is 0 Å². The lowest BCUT2D eigenvalue weighted by Gasteiger charge is -2.12. The molecule has 0 aliphatic rings. The molecule has 3 aromatic rings. The number of benzene rings is 3. The van der Waals surface area contributed by atoms with E-state index in [1.165, 1.54) is 11.8 Å². The van der Waals surface area contributed by atoms with E-state index in [9.17, 15) is 13.2 Å². The van der Waals surface area contributed by atoms with Gasteiger partial charge in [-0.15, -0.1) is 0 Å². The highest BCUT2D eigenvalue weighted by Crippen LogP contribution is 2.40. The summed E-state index contributed by atoms with van der Waals surface area (Å²) < 4.78 is 41.3. The van der Waals surface area contributed by atoms with E-state index in [0.29, 0.717) is 22.3 Å². The molecule has 0 saturated carbocycles. The first-order valence-electron chi connectivity index (χ1n) is 8.81. The van der Waals surface area contributed by atoms with Crippen molar-refractivity contribution < 1.29 is 13.2 Å². The smallest absolute Gasteiger partial charge is 0.241 e. The van der Waals surface area contributed by atoms with Crippen molar-refractivity contribution in [1.82, 2.24) is 0 Å². The Morgan fingerprint density at radius 3 is 1.83 bits per heavy atom. The fourth-order valence-electron chi connectivity index (χ4n) is 2.40. The summed E-state index contributed by atoms with van der Waals surface area (Å²) in [5, 5.41) is 0.279. The van der Waals surface area contributed by atoms with E-state index in [1.54, 1.807) is 36.4 Å². The Morgan fingerprint density at radius 1 is 0.759 bits per heavy atom. The summed E-state index contributed by atoms with van der Waals surface area (Å²) in [4.78, 5) is 5.18. The minimum atomic E-state index is -4.48.